The van der Waals surface area contributed by atoms with Crippen LogP contribution in [0.3, 0.4) is 0 Å². The summed E-state index contributed by atoms with van der Waals surface area (Å²) < 4.78 is 6.08. The van der Waals surface area contributed by atoms with E-state index in [4.69, 9.17) is 14.7 Å². The number of anilines is 1. The molecule has 0 amide bonds. The predicted octanol–water partition coefficient (Wildman–Crippen LogP) is 5.28. The number of aromatic nitrogens is 3. The lowest BCUT2D eigenvalue weighted by Gasteiger charge is -2.36. The van der Waals surface area contributed by atoms with Crippen LogP contribution in [0, 0.1) is 0 Å². The van der Waals surface area contributed by atoms with Crippen LogP contribution in [-0.2, 0) is 0 Å². The number of phenolic OH excluding ortho intramolecular Hbond substituents is 1. The molecule has 0 radical (unpaired) electrons. The molecule has 2 aromatic heterocycles. The number of hydrogen-bond donors (Lipinski definition) is 2. The van der Waals surface area contributed by atoms with Crippen molar-refractivity contribution in [1.82, 2.24) is 20.3 Å². The number of benzene rings is 3. The van der Waals surface area contributed by atoms with E-state index in [2.05, 4.69) is 39.5 Å². The number of nitrogens with zero attached hydrogens (tertiary/aromatic N) is 4. The number of nitrogens with one attached hydrogen (secondary N) is 1. The molecule has 7 heteroatoms. The first-order valence-electron chi connectivity index (χ1n) is 12.3. The van der Waals surface area contributed by atoms with E-state index in [1.165, 1.54) is 0 Å². The van der Waals surface area contributed by atoms with Crippen molar-refractivity contribution in [3.63, 3.8) is 0 Å². The third kappa shape index (κ3) is 3.60. The molecular formula is C29H25N5O2. The monoisotopic (exact) mass is 475 g/mol. The van der Waals surface area contributed by atoms with Crippen molar-refractivity contribution in [2.45, 2.75) is 24.9 Å². The van der Waals surface area contributed by atoms with Gasteiger partial charge in [0, 0.05) is 36.8 Å². The molecule has 2 unspecified atom stereocenters. The maximum atomic E-state index is 10.4. The van der Waals surface area contributed by atoms with Crippen molar-refractivity contribution in [3.05, 3.63) is 79.1 Å². The minimum atomic E-state index is 0.241. The van der Waals surface area contributed by atoms with E-state index in [1.807, 2.05) is 36.4 Å². The van der Waals surface area contributed by atoms with Crippen molar-refractivity contribution in [3.8, 4) is 28.6 Å². The van der Waals surface area contributed by atoms with Crippen LogP contribution >= 0.6 is 0 Å². The number of piperazine rings is 1. The molecule has 2 N–H and O–H groups in total. The van der Waals surface area contributed by atoms with Gasteiger partial charge in [-0.15, -0.1) is 0 Å². The fraction of sp³-hybridized carbons (Fsp3) is 0.207. The SMILES string of the molecule is Oc1cc(-c2ccc3c(N4C5CCC4CNC5)nc(Oc4cccnc4)nc3c2)c2ccccc2c1. The number of rotatable bonds is 4. The Morgan fingerprint density at radius 3 is 2.58 bits per heavy atom. The highest BCUT2D eigenvalue weighted by Crippen LogP contribution is 2.39. The van der Waals surface area contributed by atoms with E-state index in [0.717, 1.165) is 64.6 Å². The lowest BCUT2D eigenvalue weighted by Crippen LogP contribution is -2.52. The van der Waals surface area contributed by atoms with Crippen molar-refractivity contribution >= 4 is 27.5 Å². The van der Waals surface area contributed by atoms with Gasteiger partial charge in [-0.3, -0.25) is 4.98 Å². The first-order valence-corrected chi connectivity index (χ1v) is 12.3. The Balaban J connectivity index is 1.41. The van der Waals surface area contributed by atoms with Gasteiger partial charge in [0.25, 0.3) is 0 Å². The Bertz CT molecular complexity index is 1570. The van der Waals surface area contributed by atoms with Crippen molar-refractivity contribution < 1.29 is 9.84 Å². The summed E-state index contributed by atoms with van der Waals surface area (Å²) in [6.07, 6.45) is 5.67. The van der Waals surface area contributed by atoms with Gasteiger partial charge in [-0.2, -0.15) is 9.97 Å². The zero-order chi connectivity index (χ0) is 24.1. The topological polar surface area (TPSA) is 83.4 Å². The van der Waals surface area contributed by atoms with Crippen molar-refractivity contribution in [2.75, 3.05) is 18.0 Å². The van der Waals surface area contributed by atoms with Gasteiger partial charge >= 0.3 is 6.01 Å². The fourth-order valence-electron chi connectivity index (χ4n) is 5.67. The third-order valence-corrected chi connectivity index (χ3v) is 7.28. The number of phenols is 1. The highest BCUT2D eigenvalue weighted by Gasteiger charge is 2.38. The summed E-state index contributed by atoms with van der Waals surface area (Å²) in [6, 6.07) is 22.8. The van der Waals surface area contributed by atoms with E-state index in [1.54, 1.807) is 18.5 Å². The van der Waals surface area contributed by atoms with E-state index in [-0.39, 0.29) is 5.75 Å². The number of aromatic hydroxyl groups is 1. The van der Waals surface area contributed by atoms with E-state index in [0.29, 0.717) is 23.8 Å². The van der Waals surface area contributed by atoms with Gasteiger partial charge in [0.15, 0.2) is 0 Å². The van der Waals surface area contributed by atoms with Gasteiger partial charge in [-0.25, -0.2) is 0 Å². The minimum absolute atomic E-state index is 0.241. The molecule has 178 valence electrons. The van der Waals surface area contributed by atoms with Gasteiger partial charge < -0.3 is 20.1 Å². The molecule has 36 heavy (non-hydrogen) atoms. The second-order valence-corrected chi connectivity index (χ2v) is 9.52. The molecule has 4 heterocycles. The van der Waals surface area contributed by atoms with Crippen molar-refractivity contribution in [2.24, 2.45) is 0 Å². The van der Waals surface area contributed by atoms with Crippen LogP contribution in [0.1, 0.15) is 12.8 Å². The average Bonchev–Trinajstić information content (AvgIpc) is 3.15. The molecule has 7 rings (SSSR count). The smallest absolute Gasteiger partial charge is 0.324 e. The number of fused-ring (bicyclic) bond motifs is 4. The summed E-state index contributed by atoms with van der Waals surface area (Å²) in [4.78, 5) is 16.4. The molecule has 7 nitrogen and oxygen atoms in total. The Morgan fingerprint density at radius 1 is 0.889 bits per heavy atom. The highest BCUT2D eigenvalue weighted by molar-refractivity contribution is 6.01. The molecule has 2 bridgehead atoms. The van der Waals surface area contributed by atoms with Gasteiger partial charge in [0.2, 0.25) is 0 Å². The minimum Gasteiger partial charge on any atom is -0.508 e. The summed E-state index contributed by atoms with van der Waals surface area (Å²) in [5, 5.41) is 17.0. The molecule has 2 aliphatic heterocycles. The van der Waals surface area contributed by atoms with Crippen LogP contribution in [0.5, 0.6) is 17.5 Å². The molecular weight excluding hydrogens is 450 g/mol. The van der Waals surface area contributed by atoms with Crippen LogP contribution in [0.4, 0.5) is 5.82 Å². The third-order valence-electron chi connectivity index (χ3n) is 7.28. The Hall–Kier alpha value is -4.23. The molecule has 5 aromatic rings. The second kappa shape index (κ2) is 8.46. The van der Waals surface area contributed by atoms with Gasteiger partial charge in [-0.1, -0.05) is 30.3 Å². The molecule has 2 saturated heterocycles. The summed E-state index contributed by atoms with van der Waals surface area (Å²) in [5.41, 5.74) is 2.75. The first kappa shape index (κ1) is 21.1. The highest BCUT2D eigenvalue weighted by atomic mass is 16.5. The maximum absolute atomic E-state index is 10.4. The molecule has 2 fully saturated rings. The standard InChI is InChI=1S/C29H25N5O2/c35-22-12-18-4-1-2-6-24(18)26(14-22)19-7-10-25-27(13-19)32-29(36-23-5-3-11-30-17-23)33-28(25)34-20-8-9-21(34)16-31-15-20/h1-7,10-14,17,20-21,31,35H,8-9,15-16H2. The summed E-state index contributed by atoms with van der Waals surface area (Å²) >= 11 is 0. The quantitative estimate of drug-likeness (QED) is 0.366. The number of hydrogen-bond acceptors (Lipinski definition) is 7. The van der Waals surface area contributed by atoms with Crippen LogP contribution < -0.4 is 15.0 Å². The normalized spacial score (nSPS) is 19.2. The molecule has 0 aliphatic carbocycles. The molecule has 2 atom stereocenters. The maximum Gasteiger partial charge on any atom is 0.324 e. The molecule has 0 saturated carbocycles. The first-order chi connectivity index (χ1) is 17.7. The van der Waals surface area contributed by atoms with E-state index in [9.17, 15) is 5.11 Å². The zero-order valence-corrected chi connectivity index (χ0v) is 19.6. The lowest BCUT2D eigenvalue weighted by molar-refractivity contribution is 0.437. The summed E-state index contributed by atoms with van der Waals surface area (Å²) in [6.45, 7) is 1.91. The zero-order valence-electron chi connectivity index (χ0n) is 19.6. The van der Waals surface area contributed by atoms with Crippen LogP contribution in [-0.4, -0.2) is 45.2 Å². The molecule has 0 spiro atoms. The summed E-state index contributed by atoms with van der Waals surface area (Å²) in [7, 11) is 0. The van der Waals surface area contributed by atoms with Gasteiger partial charge in [-0.05, 0) is 71.1 Å². The van der Waals surface area contributed by atoms with E-state index >= 15 is 0 Å². The lowest BCUT2D eigenvalue weighted by atomic mass is 9.97. The molecule has 2 aliphatic rings. The average molecular weight is 476 g/mol. The largest absolute Gasteiger partial charge is 0.508 e. The predicted molar refractivity (Wildman–Crippen MR) is 141 cm³/mol. The van der Waals surface area contributed by atoms with Crippen LogP contribution in [0.25, 0.3) is 32.8 Å². The van der Waals surface area contributed by atoms with Crippen LogP contribution in [0.2, 0.25) is 0 Å². The number of ether oxygens (including phenoxy) is 1. The molecule has 3 aromatic carbocycles. The Labute approximate surface area is 208 Å². The van der Waals surface area contributed by atoms with Crippen molar-refractivity contribution in [1.29, 1.82) is 0 Å². The fourth-order valence-corrected chi connectivity index (χ4v) is 5.67. The van der Waals surface area contributed by atoms with E-state index < -0.39 is 0 Å². The summed E-state index contributed by atoms with van der Waals surface area (Å²) in [5.74, 6) is 1.76. The van der Waals surface area contributed by atoms with Gasteiger partial charge in [0.1, 0.15) is 17.3 Å². The number of pyridine rings is 1. The Morgan fingerprint density at radius 2 is 1.75 bits per heavy atom. The van der Waals surface area contributed by atoms with Gasteiger partial charge in [0.05, 0.1) is 11.7 Å². The second-order valence-electron chi connectivity index (χ2n) is 9.52. The Kier molecular flexibility index (Phi) is 4.96. The van der Waals surface area contributed by atoms with Crippen LogP contribution in [0.15, 0.2) is 79.1 Å².